The Morgan fingerprint density at radius 1 is 1.50 bits per heavy atom. The second-order valence-electron chi connectivity index (χ2n) is 5.46. The van der Waals surface area contributed by atoms with Gasteiger partial charge in [0.15, 0.2) is 0 Å². The maximum Gasteiger partial charge on any atom is 0.225 e. The van der Waals surface area contributed by atoms with E-state index in [-0.39, 0.29) is 23.8 Å². The van der Waals surface area contributed by atoms with Crippen molar-refractivity contribution in [1.29, 1.82) is 0 Å². The molecule has 1 heterocycles. The quantitative estimate of drug-likeness (QED) is 0.759. The normalized spacial score (nSPS) is 21.5. The fraction of sp³-hybridized carbons (Fsp3) is 0.846. The van der Waals surface area contributed by atoms with Gasteiger partial charge in [0, 0.05) is 32.7 Å². The highest BCUT2D eigenvalue weighted by atomic mass is 16.5. The van der Waals surface area contributed by atoms with Gasteiger partial charge in [0.05, 0.1) is 12.5 Å². The minimum absolute atomic E-state index is 0.0169. The molecular weight excluding hydrogens is 232 g/mol. The molecule has 18 heavy (non-hydrogen) atoms. The molecule has 5 nitrogen and oxygen atoms in total. The number of amides is 2. The van der Waals surface area contributed by atoms with E-state index in [1.54, 1.807) is 12.0 Å². The summed E-state index contributed by atoms with van der Waals surface area (Å²) in [6, 6.07) is -0.0169. The summed E-state index contributed by atoms with van der Waals surface area (Å²) >= 11 is 0. The largest absolute Gasteiger partial charge is 0.383 e. The highest BCUT2D eigenvalue weighted by molar-refractivity contribution is 5.89. The predicted octanol–water partition coefficient (Wildman–Crippen LogP) is 0.642. The molecule has 5 heteroatoms. The number of nitrogens with one attached hydrogen (secondary N) is 1. The van der Waals surface area contributed by atoms with Crippen LogP contribution in [0.4, 0.5) is 0 Å². The second-order valence-corrected chi connectivity index (χ2v) is 5.46. The van der Waals surface area contributed by atoms with Crippen LogP contribution in [-0.2, 0) is 14.3 Å². The number of carbonyl (C=O) groups excluding carboxylic acids is 2. The molecule has 2 amide bonds. The van der Waals surface area contributed by atoms with Gasteiger partial charge < -0.3 is 15.0 Å². The average Bonchev–Trinajstić information content (AvgIpc) is 2.60. The molecular formula is C13H24N2O3. The lowest BCUT2D eigenvalue weighted by molar-refractivity contribution is -0.129. The molecule has 1 aliphatic heterocycles. The summed E-state index contributed by atoms with van der Waals surface area (Å²) in [4.78, 5) is 25.5. The zero-order valence-corrected chi connectivity index (χ0v) is 11.7. The first-order valence-corrected chi connectivity index (χ1v) is 6.51. The van der Waals surface area contributed by atoms with E-state index >= 15 is 0 Å². The Labute approximate surface area is 109 Å². The molecule has 0 aromatic heterocycles. The van der Waals surface area contributed by atoms with Crippen molar-refractivity contribution in [3.8, 4) is 0 Å². The molecule has 2 unspecified atom stereocenters. The third-order valence-electron chi connectivity index (χ3n) is 2.98. The Morgan fingerprint density at radius 2 is 2.17 bits per heavy atom. The minimum Gasteiger partial charge on any atom is -0.383 e. The molecule has 0 aromatic rings. The molecule has 104 valence electrons. The highest BCUT2D eigenvalue weighted by Crippen LogP contribution is 2.19. The number of ether oxygens (including phenoxy) is 1. The summed E-state index contributed by atoms with van der Waals surface area (Å²) in [5.74, 6) is 0.265. The molecule has 1 rings (SSSR count). The van der Waals surface area contributed by atoms with E-state index < -0.39 is 0 Å². The third kappa shape index (κ3) is 4.29. The monoisotopic (exact) mass is 256 g/mol. The fourth-order valence-electron chi connectivity index (χ4n) is 2.22. The molecule has 1 fully saturated rings. The van der Waals surface area contributed by atoms with E-state index in [0.717, 1.165) is 6.54 Å². The summed E-state index contributed by atoms with van der Waals surface area (Å²) in [7, 11) is 1.60. The number of methoxy groups -OCH3 is 1. The van der Waals surface area contributed by atoms with E-state index in [2.05, 4.69) is 19.2 Å². The highest BCUT2D eigenvalue weighted by Gasteiger charge is 2.34. The summed E-state index contributed by atoms with van der Waals surface area (Å²) < 4.78 is 4.97. The SMILES string of the molecule is COCC(C)NC(=O)C1CC(=O)N(CC(C)C)C1. The van der Waals surface area contributed by atoms with Crippen molar-refractivity contribution in [2.24, 2.45) is 11.8 Å². The summed E-state index contributed by atoms with van der Waals surface area (Å²) in [6.45, 7) is 7.80. The fourth-order valence-corrected chi connectivity index (χ4v) is 2.22. The Kier molecular flexibility index (Phi) is 5.59. The number of carbonyl (C=O) groups is 2. The first-order chi connectivity index (χ1) is 8.43. The van der Waals surface area contributed by atoms with Gasteiger partial charge in [-0.2, -0.15) is 0 Å². The van der Waals surface area contributed by atoms with Gasteiger partial charge in [0.25, 0.3) is 0 Å². The molecule has 0 spiro atoms. The van der Waals surface area contributed by atoms with Crippen molar-refractivity contribution in [2.45, 2.75) is 33.2 Å². The Morgan fingerprint density at radius 3 is 2.72 bits per heavy atom. The minimum atomic E-state index is -0.212. The van der Waals surface area contributed by atoms with Crippen molar-refractivity contribution < 1.29 is 14.3 Å². The van der Waals surface area contributed by atoms with Gasteiger partial charge >= 0.3 is 0 Å². The van der Waals surface area contributed by atoms with Crippen LogP contribution in [0.3, 0.4) is 0 Å². The first kappa shape index (κ1) is 15.0. The van der Waals surface area contributed by atoms with Crippen molar-refractivity contribution in [3.05, 3.63) is 0 Å². The lowest BCUT2D eigenvalue weighted by atomic mass is 10.1. The molecule has 0 saturated carbocycles. The van der Waals surface area contributed by atoms with Crippen LogP contribution in [-0.4, -0.2) is 49.6 Å². The lowest BCUT2D eigenvalue weighted by Crippen LogP contribution is -2.40. The van der Waals surface area contributed by atoms with E-state index in [1.807, 2.05) is 6.92 Å². The van der Waals surface area contributed by atoms with Crippen molar-refractivity contribution in [3.63, 3.8) is 0 Å². The maximum absolute atomic E-state index is 12.0. The second kappa shape index (κ2) is 6.73. The lowest BCUT2D eigenvalue weighted by Gasteiger charge is -2.19. The molecule has 1 aliphatic rings. The van der Waals surface area contributed by atoms with Crippen molar-refractivity contribution in [1.82, 2.24) is 10.2 Å². The number of likely N-dealkylation sites (tertiary alicyclic amines) is 1. The zero-order chi connectivity index (χ0) is 13.7. The molecule has 1 saturated heterocycles. The van der Waals surface area contributed by atoms with Crippen molar-refractivity contribution in [2.75, 3.05) is 26.8 Å². The standard InChI is InChI=1S/C13H24N2O3/c1-9(2)6-15-7-11(5-12(15)16)13(17)14-10(3)8-18-4/h9-11H,5-8H2,1-4H3,(H,14,17). The van der Waals surface area contributed by atoms with Gasteiger partial charge in [-0.05, 0) is 12.8 Å². The molecule has 0 bridgehead atoms. The van der Waals surface area contributed by atoms with Crippen LogP contribution in [0.15, 0.2) is 0 Å². The molecule has 0 aromatic carbocycles. The van der Waals surface area contributed by atoms with Crippen LogP contribution in [0, 0.1) is 11.8 Å². The van der Waals surface area contributed by atoms with Crippen LogP contribution in [0.25, 0.3) is 0 Å². The van der Waals surface area contributed by atoms with E-state index in [9.17, 15) is 9.59 Å². The van der Waals surface area contributed by atoms with Gasteiger partial charge in [0.1, 0.15) is 0 Å². The van der Waals surface area contributed by atoms with E-state index in [4.69, 9.17) is 4.74 Å². The number of hydrogen-bond acceptors (Lipinski definition) is 3. The smallest absolute Gasteiger partial charge is 0.225 e. The molecule has 1 N–H and O–H groups in total. The number of rotatable bonds is 6. The van der Waals surface area contributed by atoms with Crippen LogP contribution < -0.4 is 5.32 Å². The van der Waals surface area contributed by atoms with Crippen LogP contribution in [0.5, 0.6) is 0 Å². The molecule has 0 radical (unpaired) electrons. The van der Waals surface area contributed by atoms with Crippen LogP contribution >= 0.6 is 0 Å². The van der Waals surface area contributed by atoms with E-state index in [0.29, 0.717) is 25.5 Å². The summed E-state index contributed by atoms with van der Waals surface area (Å²) in [6.07, 6.45) is 0.332. The zero-order valence-electron chi connectivity index (χ0n) is 11.7. The van der Waals surface area contributed by atoms with Gasteiger partial charge in [-0.1, -0.05) is 13.8 Å². The van der Waals surface area contributed by atoms with Gasteiger partial charge in [0.2, 0.25) is 11.8 Å². The van der Waals surface area contributed by atoms with Gasteiger partial charge in [-0.15, -0.1) is 0 Å². The Balaban J connectivity index is 2.44. The summed E-state index contributed by atoms with van der Waals surface area (Å²) in [5.41, 5.74) is 0. The predicted molar refractivity (Wildman–Crippen MR) is 69.0 cm³/mol. The van der Waals surface area contributed by atoms with E-state index in [1.165, 1.54) is 0 Å². The number of hydrogen-bond donors (Lipinski definition) is 1. The summed E-state index contributed by atoms with van der Waals surface area (Å²) in [5, 5.41) is 2.87. The molecule has 2 atom stereocenters. The first-order valence-electron chi connectivity index (χ1n) is 6.51. The number of nitrogens with zero attached hydrogens (tertiary/aromatic N) is 1. The maximum atomic E-state index is 12.0. The van der Waals surface area contributed by atoms with Crippen LogP contribution in [0.1, 0.15) is 27.2 Å². The Hall–Kier alpha value is -1.10. The molecule has 0 aliphatic carbocycles. The van der Waals surface area contributed by atoms with Crippen LogP contribution in [0.2, 0.25) is 0 Å². The topological polar surface area (TPSA) is 58.6 Å². The van der Waals surface area contributed by atoms with Crippen molar-refractivity contribution >= 4 is 11.8 Å². The van der Waals surface area contributed by atoms with Gasteiger partial charge in [-0.25, -0.2) is 0 Å². The average molecular weight is 256 g/mol. The van der Waals surface area contributed by atoms with Gasteiger partial charge in [-0.3, -0.25) is 9.59 Å². The Bertz CT molecular complexity index is 305. The third-order valence-corrected chi connectivity index (χ3v) is 2.98.